The highest BCUT2D eigenvalue weighted by Crippen LogP contribution is 2.38. The fourth-order valence-electron chi connectivity index (χ4n) is 2.89. The number of hydrogen-bond acceptors (Lipinski definition) is 6. The quantitative estimate of drug-likeness (QED) is 0.318. The molecule has 1 N–H and O–H groups in total. The summed E-state index contributed by atoms with van der Waals surface area (Å²) in [5.74, 6) is 1.46. The van der Waals surface area contributed by atoms with E-state index in [1.54, 1.807) is 18.2 Å². The Morgan fingerprint density at radius 3 is 2.39 bits per heavy atom. The van der Waals surface area contributed by atoms with Crippen LogP contribution in [-0.2, 0) is 10.2 Å². The number of ether oxygens (including phenoxy) is 3. The molecule has 8 heteroatoms. The van der Waals surface area contributed by atoms with E-state index in [1.807, 2.05) is 12.1 Å². The lowest BCUT2D eigenvalue weighted by atomic mass is 9.87. The molecule has 1 fully saturated rings. The molecule has 2 aromatic rings. The van der Waals surface area contributed by atoms with Crippen molar-refractivity contribution < 1.29 is 19.0 Å². The van der Waals surface area contributed by atoms with E-state index in [0.29, 0.717) is 44.5 Å². The van der Waals surface area contributed by atoms with Gasteiger partial charge in [-0.25, -0.2) is 0 Å². The third-order valence-corrected chi connectivity index (χ3v) is 5.95. The van der Waals surface area contributed by atoms with Crippen LogP contribution in [0.5, 0.6) is 17.2 Å². The van der Waals surface area contributed by atoms with Crippen molar-refractivity contribution in [2.75, 3.05) is 20.3 Å². The van der Waals surface area contributed by atoms with E-state index in [-0.39, 0.29) is 11.3 Å². The second kappa shape index (κ2) is 9.94. The van der Waals surface area contributed by atoms with E-state index in [9.17, 15) is 4.79 Å². The molecule has 1 saturated heterocycles. The number of rotatable bonds is 7. The van der Waals surface area contributed by atoms with Gasteiger partial charge in [-0.2, -0.15) is 0 Å². The molecule has 0 radical (unpaired) electrons. The number of methoxy groups -OCH3 is 1. The van der Waals surface area contributed by atoms with Crippen LogP contribution in [0.25, 0.3) is 6.08 Å². The van der Waals surface area contributed by atoms with Crippen LogP contribution >= 0.6 is 35.6 Å². The van der Waals surface area contributed by atoms with Gasteiger partial charge in [0.15, 0.2) is 11.5 Å². The Morgan fingerprint density at radius 2 is 1.81 bits per heavy atom. The lowest BCUT2D eigenvalue weighted by Gasteiger charge is -2.19. The molecule has 0 aliphatic carbocycles. The van der Waals surface area contributed by atoms with E-state index in [2.05, 4.69) is 38.2 Å². The summed E-state index contributed by atoms with van der Waals surface area (Å²) in [7, 11) is 1.54. The SMILES string of the molecule is COc1cc(C=C2SC(=S)NC2=O)cc(Cl)c1OCCOc1ccc(C(C)(C)C)cc1. The number of halogens is 1. The zero-order valence-corrected chi connectivity index (χ0v) is 20.2. The van der Waals surface area contributed by atoms with E-state index in [1.165, 1.54) is 24.4 Å². The number of benzene rings is 2. The summed E-state index contributed by atoms with van der Waals surface area (Å²) < 4.78 is 17.4. The average molecular weight is 478 g/mol. The van der Waals surface area contributed by atoms with Crippen molar-refractivity contribution in [1.29, 1.82) is 0 Å². The normalized spacial score (nSPS) is 15.2. The van der Waals surface area contributed by atoms with E-state index >= 15 is 0 Å². The van der Waals surface area contributed by atoms with Crippen LogP contribution in [0.15, 0.2) is 41.3 Å². The molecule has 164 valence electrons. The molecular weight excluding hydrogens is 454 g/mol. The molecule has 0 spiro atoms. The third kappa shape index (κ3) is 6.15. The molecule has 0 saturated carbocycles. The Hall–Kier alpha value is -2.22. The molecule has 3 rings (SSSR count). The van der Waals surface area contributed by atoms with E-state index in [4.69, 9.17) is 38.0 Å². The first-order valence-corrected chi connectivity index (χ1v) is 11.3. The van der Waals surface area contributed by atoms with Crippen LogP contribution < -0.4 is 19.5 Å². The van der Waals surface area contributed by atoms with Gasteiger partial charge in [0.05, 0.1) is 17.0 Å². The predicted molar refractivity (Wildman–Crippen MR) is 130 cm³/mol. The van der Waals surface area contributed by atoms with Crippen molar-refractivity contribution in [1.82, 2.24) is 5.32 Å². The van der Waals surface area contributed by atoms with Crippen molar-refractivity contribution in [2.24, 2.45) is 0 Å². The van der Waals surface area contributed by atoms with Crippen molar-refractivity contribution in [3.63, 3.8) is 0 Å². The Bertz CT molecular complexity index is 1010. The molecule has 0 unspecified atom stereocenters. The zero-order valence-electron chi connectivity index (χ0n) is 17.8. The maximum absolute atomic E-state index is 11.9. The Morgan fingerprint density at radius 1 is 1.13 bits per heavy atom. The second-order valence-corrected chi connectivity index (χ2v) is 9.98. The van der Waals surface area contributed by atoms with Gasteiger partial charge in [0.2, 0.25) is 0 Å². The summed E-state index contributed by atoms with van der Waals surface area (Å²) in [6.45, 7) is 7.17. The molecule has 1 aliphatic rings. The van der Waals surface area contributed by atoms with Gasteiger partial charge in [-0.1, -0.05) is 68.5 Å². The smallest absolute Gasteiger partial charge is 0.263 e. The number of thioether (sulfide) groups is 1. The summed E-state index contributed by atoms with van der Waals surface area (Å²) in [6, 6.07) is 11.5. The minimum absolute atomic E-state index is 0.100. The van der Waals surface area contributed by atoms with Gasteiger partial charge in [-0.15, -0.1) is 0 Å². The maximum Gasteiger partial charge on any atom is 0.263 e. The van der Waals surface area contributed by atoms with E-state index < -0.39 is 0 Å². The standard InChI is InChI=1S/C23H24ClNO4S2/c1-23(2,3)15-5-7-16(8-6-15)28-9-10-29-20-17(24)11-14(12-18(20)27-4)13-19-21(26)25-22(30)31-19/h5-8,11-13H,9-10H2,1-4H3,(H,25,26,30). The van der Waals surface area contributed by atoms with Crippen molar-refractivity contribution in [3.05, 3.63) is 57.5 Å². The Balaban J connectivity index is 1.62. The highest BCUT2D eigenvalue weighted by atomic mass is 35.5. The number of nitrogens with one attached hydrogen (secondary N) is 1. The first kappa shape index (κ1) is 23.4. The largest absolute Gasteiger partial charge is 0.493 e. The number of amides is 1. The Kier molecular flexibility index (Phi) is 7.51. The van der Waals surface area contributed by atoms with Crippen molar-refractivity contribution in [3.8, 4) is 17.2 Å². The van der Waals surface area contributed by atoms with Crippen LogP contribution in [-0.4, -0.2) is 30.6 Å². The second-order valence-electron chi connectivity index (χ2n) is 7.86. The van der Waals surface area contributed by atoms with Crippen LogP contribution in [0, 0.1) is 0 Å². The summed E-state index contributed by atoms with van der Waals surface area (Å²) in [6.07, 6.45) is 1.71. The third-order valence-electron chi connectivity index (χ3n) is 4.51. The van der Waals surface area contributed by atoms with Crippen LogP contribution in [0.3, 0.4) is 0 Å². The minimum Gasteiger partial charge on any atom is -0.493 e. The lowest BCUT2D eigenvalue weighted by molar-refractivity contribution is -0.115. The van der Waals surface area contributed by atoms with Crippen LogP contribution in [0.2, 0.25) is 5.02 Å². The monoisotopic (exact) mass is 477 g/mol. The van der Waals surface area contributed by atoms with Crippen LogP contribution in [0.4, 0.5) is 0 Å². The van der Waals surface area contributed by atoms with Gasteiger partial charge in [0.1, 0.15) is 23.3 Å². The fourth-order valence-corrected chi connectivity index (χ4v) is 4.21. The van der Waals surface area contributed by atoms with Gasteiger partial charge in [0.25, 0.3) is 5.91 Å². The van der Waals surface area contributed by atoms with E-state index in [0.717, 1.165) is 5.75 Å². The van der Waals surface area contributed by atoms with Gasteiger partial charge >= 0.3 is 0 Å². The van der Waals surface area contributed by atoms with Gasteiger partial charge in [0, 0.05) is 0 Å². The number of carbonyl (C=O) groups is 1. The number of thiocarbonyl (C=S) groups is 1. The summed E-state index contributed by atoms with van der Waals surface area (Å²) in [4.78, 5) is 12.4. The first-order chi connectivity index (χ1) is 14.7. The number of carbonyl (C=O) groups excluding carboxylic acids is 1. The zero-order chi connectivity index (χ0) is 22.6. The average Bonchev–Trinajstić information content (AvgIpc) is 3.02. The van der Waals surface area contributed by atoms with Crippen molar-refractivity contribution in [2.45, 2.75) is 26.2 Å². The summed E-state index contributed by atoms with van der Waals surface area (Å²) in [5, 5.41) is 2.97. The molecular formula is C23H24ClNO4S2. The van der Waals surface area contributed by atoms with Crippen molar-refractivity contribution >= 4 is 51.9 Å². The lowest BCUT2D eigenvalue weighted by Crippen LogP contribution is -2.17. The molecule has 1 heterocycles. The highest BCUT2D eigenvalue weighted by Gasteiger charge is 2.22. The van der Waals surface area contributed by atoms with Gasteiger partial charge < -0.3 is 19.5 Å². The van der Waals surface area contributed by atoms with Gasteiger partial charge in [-0.3, -0.25) is 4.79 Å². The highest BCUT2D eigenvalue weighted by molar-refractivity contribution is 8.26. The molecule has 2 aromatic carbocycles. The number of hydrogen-bond donors (Lipinski definition) is 1. The molecule has 1 aliphatic heterocycles. The molecule has 0 bridgehead atoms. The first-order valence-electron chi connectivity index (χ1n) is 9.66. The molecule has 5 nitrogen and oxygen atoms in total. The minimum atomic E-state index is -0.224. The Labute approximate surface area is 197 Å². The molecule has 0 aromatic heterocycles. The maximum atomic E-state index is 11.9. The predicted octanol–water partition coefficient (Wildman–Crippen LogP) is 5.59. The fraction of sp³-hybridized carbons (Fsp3) is 0.304. The molecule has 0 atom stereocenters. The van der Waals surface area contributed by atoms with Gasteiger partial charge in [-0.05, 0) is 46.9 Å². The molecule has 31 heavy (non-hydrogen) atoms. The topological polar surface area (TPSA) is 56.8 Å². The summed E-state index contributed by atoms with van der Waals surface area (Å²) >= 11 is 12.6. The molecule has 1 amide bonds. The van der Waals surface area contributed by atoms with Crippen LogP contribution in [0.1, 0.15) is 31.9 Å². The summed E-state index contributed by atoms with van der Waals surface area (Å²) in [5.41, 5.74) is 2.06.